The van der Waals surface area contributed by atoms with E-state index in [0.29, 0.717) is 24.8 Å². The number of anilines is 2. The summed E-state index contributed by atoms with van der Waals surface area (Å²) in [5, 5.41) is 4.16. The van der Waals surface area contributed by atoms with E-state index in [1.807, 2.05) is 48.2 Å². The number of amides is 1. The number of piperazine rings is 1. The second-order valence-corrected chi connectivity index (χ2v) is 8.85. The molecule has 1 aliphatic carbocycles. The lowest BCUT2D eigenvalue weighted by molar-refractivity contribution is 0.0747. The van der Waals surface area contributed by atoms with E-state index in [1.165, 1.54) is 6.42 Å². The molecule has 2 aliphatic rings. The Kier molecular flexibility index (Phi) is 5.55. The van der Waals surface area contributed by atoms with Gasteiger partial charge in [-0.25, -0.2) is 0 Å². The maximum absolute atomic E-state index is 13.0. The summed E-state index contributed by atoms with van der Waals surface area (Å²) in [5.41, 5.74) is 3.90. The molecule has 2 fully saturated rings. The SMILES string of the molecule is CN(C)c1cccc(C(=O)N2CCN(c3ccc(-c4noc(C5CCC5)n4)cc3)CC2)c1. The second kappa shape index (κ2) is 8.65. The molecule has 1 aromatic heterocycles. The molecule has 7 heteroatoms. The number of hydrogen-bond acceptors (Lipinski definition) is 6. The average Bonchev–Trinajstić information content (AvgIpc) is 3.27. The van der Waals surface area contributed by atoms with Crippen molar-refractivity contribution in [3.05, 3.63) is 60.0 Å². The zero-order valence-corrected chi connectivity index (χ0v) is 18.7. The summed E-state index contributed by atoms with van der Waals surface area (Å²) in [7, 11) is 3.97. The van der Waals surface area contributed by atoms with Crippen molar-refractivity contribution < 1.29 is 9.32 Å². The topological polar surface area (TPSA) is 65.7 Å². The molecule has 7 nitrogen and oxygen atoms in total. The van der Waals surface area contributed by atoms with Crippen LogP contribution in [0.3, 0.4) is 0 Å². The van der Waals surface area contributed by atoms with E-state index in [2.05, 4.69) is 39.3 Å². The molecule has 3 aromatic rings. The first kappa shape index (κ1) is 20.5. The fourth-order valence-corrected chi connectivity index (χ4v) is 4.26. The summed E-state index contributed by atoms with van der Waals surface area (Å²) in [5.74, 6) is 1.98. The molecule has 166 valence electrons. The van der Waals surface area contributed by atoms with Gasteiger partial charge in [0.05, 0.1) is 0 Å². The molecular formula is C25H29N5O2. The standard InChI is InChI=1S/C25H29N5O2/c1-28(2)22-8-4-7-20(17-22)25(31)30-15-13-29(14-16-30)21-11-9-18(10-12-21)23-26-24(32-27-23)19-5-3-6-19/h4,7-12,17,19H,3,5-6,13-16H2,1-2H3. The van der Waals surface area contributed by atoms with Gasteiger partial charge in [-0.3, -0.25) is 4.79 Å². The van der Waals surface area contributed by atoms with E-state index in [0.717, 1.165) is 54.3 Å². The van der Waals surface area contributed by atoms with Crippen LogP contribution in [0.25, 0.3) is 11.4 Å². The van der Waals surface area contributed by atoms with Gasteiger partial charge in [0.25, 0.3) is 5.91 Å². The van der Waals surface area contributed by atoms with Crippen molar-refractivity contribution in [2.75, 3.05) is 50.1 Å². The van der Waals surface area contributed by atoms with Crippen LogP contribution in [-0.4, -0.2) is 61.2 Å². The number of nitrogens with zero attached hydrogens (tertiary/aromatic N) is 5. The third kappa shape index (κ3) is 4.07. The molecule has 32 heavy (non-hydrogen) atoms. The number of carbonyl (C=O) groups is 1. The van der Waals surface area contributed by atoms with Crippen molar-refractivity contribution in [3.63, 3.8) is 0 Å². The van der Waals surface area contributed by atoms with Crippen LogP contribution in [0.1, 0.15) is 41.4 Å². The normalized spacial score (nSPS) is 16.7. The molecule has 0 radical (unpaired) electrons. The van der Waals surface area contributed by atoms with E-state index >= 15 is 0 Å². The highest BCUT2D eigenvalue weighted by molar-refractivity contribution is 5.95. The highest BCUT2D eigenvalue weighted by Gasteiger charge is 2.26. The lowest BCUT2D eigenvalue weighted by Crippen LogP contribution is -2.48. The highest BCUT2D eigenvalue weighted by Crippen LogP contribution is 2.36. The van der Waals surface area contributed by atoms with E-state index in [-0.39, 0.29) is 5.91 Å². The van der Waals surface area contributed by atoms with Gasteiger partial charge in [-0.2, -0.15) is 4.98 Å². The zero-order chi connectivity index (χ0) is 22.1. The van der Waals surface area contributed by atoms with E-state index in [1.54, 1.807) is 0 Å². The summed E-state index contributed by atoms with van der Waals surface area (Å²) < 4.78 is 5.45. The minimum absolute atomic E-state index is 0.100. The summed E-state index contributed by atoms with van der Waals surface area (Å²) in [6.45, 7) is 3.05. The Morgan fingerprint density at radius 1 is 1.03 bits per heavy atom. The summed E-state index contributed by atoms with van der Waals surface area (Å²) in [6, 6.07) is 16.1. The number of carbonyl (C=O) groups excluding carboxylic acids is 1. The van der Waals surface area contributed by atoms with Gasteiger partial charge in [0, 0.05) is 68.7 Å². The first-order valence-corrected chi connectivity index (χ1v) is 11.3. The zero-order valence-electron chi connectivity index (χ0n) is 18.7. The Bertz CT molecular complexity index is 1080. The first-order chi connectivity index (χ1) is 15.6. The molecule has 1 saturated heterocycles. The summed E-state index contributed by atoms with van der Waals surface area (Å²) in [4.78, 5) is 23.8. The first-order valence-electron chi connectivity index (χ1n) is 11.3. The van der Waals surface area contributed by atoms with Gasteiger partial charge in [0.1, 0.15) is 0 Å². The second-order valence-electron chi connectivity index (χ2n) is 8.85. The molecule has 0 atom stereocenters. The highest BCUT2D eigenvalue weighted by atomic mass is 16.5. The average molecular weight is 432 g/mol. The van der Waals surface area contributed by atoms with Gasteiger partial charge in [0.2, 0.25) is 11.7 Å². The molecule has 2 heterocycles. The van der Waals surface area contributed by atoms with Crippen molar-refractivity contribution in [1.82, 2.24) is 15.0 Å². The molecule has 1 aliphatic heterocycles. The van der Waals surface area contributed by atoms with Crippen LogP contribution in [0.15, 0.2) is 53.1 Å². The minimum Gasteiger partial charge on any atom is -0.378 e. The van der Waals surface area contributed by atoms with Crippen molar-refractivity contribution in [3.8, 4) is 11.4 Å². The van der Waals surface area contributed by atoms with E-state index in [4.69, 9.17) is 4.52 Å². The Hall–Kier alpha value is -3.35. The lowest BCUT2D eigenvalue weighted by Gasteiger charge is -2.36. The Balaban J connectivity index is 1.20. The van der Waals surface area contributed by atoms with Gasteiger partial charge < -0.3 is 19.2 Å². The van der Waals surface area contributed by atoms with Crippen molar-refractivity contribution in [1.29, 1.82) is 0 Å². The third-order valence-corrected chi connectivity index (χ3v) is 6.56. The summed E-state index contributed by atoms with van der Waals surface area (Å²) >= 11 is 0. The van der Waals surface area contributed by atoms with Crippen LogP contribution in [-0.2, 0) is 0 Å². The van der Waals surface area contributed by atoms with Crippen LogP contribution >= 0.6 is 0 Å². The fraction of sp³-hybridized carbons (Fsp3) is 0.400. The largest absolute Gasteiger partial charge is 0.378 e. The minimum atomic E-state index is 0.100. The van der Waals surface area contributed by atoms with Gasteiger partial charge in [-0.05, 0) is 55.3 Å². The van der Waals surface area contributed by atoms with Crippen LogP contribution < -0.4 is 9.80 Å². The molecule has 2 aromatic carbocycles. The molecule has 0 spiro atoms. The predicted molar refractivity (Wildman–Crippen MR) is 125 cm³/mol. The van der Waals surface area contributed by atoms with Gasteiger partial charge >= 0.3 is 0 Å². The van der Waals surface area contributed by atoms with Crippen molar-refractivity contribution in [2.45, 2.75) is 25.2 Å². The van der Waals surface area contributed by atoms with Gasteiger partial charge in [-0.15, -0.1) is 0 Å². The molecule has 0 N–H and O–H groups in total. The quantitative estimate of drug-likeness (QED) is 0.608. The van der Waals surface area contributed by atoms with Crippen LogP contribution in [0, 0.1) is 0 Å². The molecule has 0 bridgehead atoms. The van der Waals surface area contributed by atoms with Crippen LogP contribution in [0.4, 0.5) is 11.4 Å². The molecule has 0 unspecified atom stereocenters. The number of hydrogen-bond donors (Lipinski definition) is 0. The van der Waals surface area contributed by atoms with Gasteiger partial charge in [0.15, 0.2) is 0 Å². The number of rotatable bonds is 5. The Morgan fingerprint density at radius 3 is 2.44 bits per heavy atom. The monoisotopic (exact) mass is 431 g/mol. The lowest BCUT2D eigenvalue weighted by atomic mass is 9.85. The predicted octanol–water partition coefficient (Wildman–Crippen LogP) is 4.03. The third-order valence-electron chi connectivity index (χ3n) is 6.56. The van der Waals surface area contributed by atoms with Gasteiger partial charge in [-0.1, -0.05) is 17.6 Å². The molecule has 1 saturated carbocycles. The number of benzene rings is 2. The van der Waals surface area contributed by atoms with E-state index in [9.17, 15) is 4.79 Å². The molecular weight excluding hydrogens is 402 g/mol. The number of aromatic nitrogens is 2. The van der Waals surface area contributed by atoms with Crippen LogP contribution in [0.5, 0.6) is 0 Å². The summed E-state index contributed by atoms with van der Waals surface area (Å²) in [6.07, 6.45) is 3.55. The van der Waals surface area contributed by atoms with E-state index < -0.39 is 0 Å². The van der Waals surface area contributed by atoms with Crippen LogP contribution in [0.2, 0.25) is 0 Å². The maximum atomic E-state index is 13.0. The fourth-order valence-electron chi connectivity index (χ4n) is 4.26. The van der Waals surface area contributed by atoms with Crippen molar-refractivity contribution >= 4 is 17.3 Å². The maximum Gasteiger partial charge on any atom is 0.254 e. The van der Waals surface area contributed by atoms with Crippen molar-refractivity contribution in [2.24, 2.45) is 0 Å². The smallest absolute Gasteiger partial charge is 0.254 e. The molecule has 1 amide bonds. The molecule has 5 rings (SSSR count). The Morgan fingerprint density at radius 2 is 1.78 bits per heavy atom. The Labute approximate surface area is 188 Å².